The van der Waals surface area contributed by atoms with E-state index < -0.39 is 0 Å². The van der Waals surface area contributed by atoms with E-state index in [0.717, 1.165) is 50.0 Å². The lowest BCUT2D eigenvalue weighted by atomic mass is 9.83. The van der Waals surface area contributed by atoms with Gasteiger partial charge in [-0.2, -0.15) is 0 Å². The number of aryl methyl sites for hydroxylation is 1. The third kappa shape index (κ3) is 5.70. The molecule has 1 atom stereocenters. The molecule has 2 aliphatic rings. The van der Waals surface area contributed by atoms with E-state index in [2.05, 4.69) is 43.3 Å². The van der Waals surface area contributed by atoms with Crippen LogP contribution in [0.4, 0.5) is 0 Å². The Kier molecular flexibility index (Phi) is 6.56. The van der Waals surface area contributed by atoms with Gasteiger partial charge in [0.1, 0.15) is 11.9 Å². The van der Waals surface area contributed by atoms with Crippen molar-refractivity contribution in [1.29, 1.82) is 0 Å². The Bertz CT molecular complexity index is 1060. The number of esters is 1. The molecule has 1 aliphatic heterocycles. The molecule has 0 radical (unpaired) electrons. The Morgan fingerprint density at radius 3 is 2.06 bits per heavy atom. The summed E-state index contributed by atoms with van der Waals surface area (Å²) in [5.41, 5.74) is 5.29. The number of epoxide rings is 1. The first-order valence-electron chi connectivity index (χ1n) is 11.9. The highest BCUT2D eigenvalue weighted by Gasteiger charge is 2.27. The standard InChI is InChI=1S/C29H30O4/c1-20-2-4-21(5-3-20)22-6-8-25(9-7-22)29(30)33-27-16-12-24(13-17-27)23-10-14-26(15-11-23)31-18-28-19-32-28/h2-9,12-13,16-17,23,26,28H,10-11,14-15,18-19H2,1H3. The lowest BCUT2D eigenvalue weighted by molar-refractivity contribution is 0.0165. The summed E-state index contributed by atoms with van der Waals surface area (Å²) in [5, 5.41) is 0. The van der Waals surface area contributed by atoms with Crippen LogP contribution in [0.15, 0.2) is 72.8 Å². The van der Waals surface area contributed by atoms with Crippen molar-refractivity contribution in [2.24, 2.45) is 0 Å². The minimum atomic E-state index is -0.337. The Morgan fingerprint density at radius 2 is 1.45 bits per heavy atom. The highest BCUT2D eigenvalue weighted by Crippen LogP contribution is 2.35. The summed E-state index contributed by atoms with van der Waals surface area (Å²) in [4.78, 5) is 12.6. The van der Waals surface area contributed by atoms with Crippen molar-refractivity contribution in [3.63, 3.8) is 0 Å². The van der Waals surface area contributed by atoms with Crippen LogP contribution in [-0.2, 0) is 9.47 Å². The Morgan fingerprint density at radius 1 is 0.848 bits per heavy atom. The molecule has 3 aromatic rings. The van der Waals surface area contributed by atoms with Gasteiger partial charge in [-0.05, 0) is 79.5 Å². The number of benzene rings is 3. The molecule has 170 valence electrons. The van der Waals surface area contributed by atoms with Crippen LogP contribution >= 0.6 is 0 Å². The maximum absolute atomic E-state index is 12.6. The molecule has 4 heteroatoms. The second kappa shape index (κ2) is 9.90. The molecule has 2 fully saturated rings. The second-order valence-corrected chi connectivity index (χ2v) is 9.16. The minimum absolute atomic E-state index is 0.337. The van der Waals surface area contributed by atoms with E-state index in [1.165, 1.54) is 11.1 Å². The maximum atomic E-state index is 12.6. The van der Waals surface area contributed by atoms with E-state index in [4.69, 9.17) is 14.2 Å². The molecule has 3 aromatic carbocycles. The SMILES string of the molecule is Cc1ccc(-c2ccc(C(=O)Oc3ccc(C4CCC(OCC5CO5)CC4)cc3)cc2)cc1. The highest BCUT2D eigenvalue weighted by molar-refractivity contribution is 5.91. The molecule has 0 N–H and O–H groups in total. The molecule has 0 spiro atoms. The molecular formula is C29H30O4. The van der Waals surface area contributed by atoms with Gasteiger partial charge < -0.3 is 14.2 Å². The molecule has 1 unspecified atom stereocenters. The van der Waals surface area contributed by atoms with E-state index in [-0.39, 0.29) is 5.97 Å². The summed E-state index contributed by atoms with van der Waals surface area (Å²) in [6, 6.07) is 23.9. The van der Waals surface area contributed by atoms with E-state index in [1.54, 1.807) is 0 Å². The summed E-state index contributed by atoms with van der Waals surface area (Å²) >= 11 is 0. The Hall–Kier alpha value is -2.95. The van der Waals surface area contributed by atoms with Crippen molar-refractivity contribution >= 4 is 5.97 Å². The number of rotatable bonds is 7. The van der Waals surface area contributed by atoms with Crippen LogP contribution in [0, 0.1) is 6.92 Å². The summed E-state index contributed by atoms with van der Waals surface area (Å²) in [6.45, 7) is 3.66. The van der Waals surface area contributed by atoms with Gasteiger partial charge in [0, 0.05) is 0 Å². The topological polar surface area (TPSA) is 48.1 Å². The number of hydrogen-bond acceptors (Lipinski definition) is 4. The number of carbonyl (C=O) groups excluding carboxylic acids is 1. The van der Waals surface area contributed by atoms with Gasteiger partial charge in [0.05, 0.1) is 24.9 Å². The Balaban J connectivity index is 1.14. The predicted molar refractivity (Wildman–Crippen MR) is 129 cm³/mol. The second-order valence-electron chi connectivity index (χ2n) is 9.16. The monoisotopic (exact) mass is 442 g/mol. The van der Waals surface area contributed by atoms with Gasteiger partial charge in [-0.15, -0.1) is 0 Å². The van der Waals surface area contributed by atoms with E-state index in [0.29, 0.717) is 29.4 Å². The quantitative estimate of drug-likeness (QED) is 0.244. The zero-order chi connectivity index (χ0) is 22.6. The molecule has 0 aromatic heterocycles. The van der Waals surface area contributed by atoms with E-state index in [9.17, 15) is 4.79 Å². The van der Waals surface area contributed by atoms with Gasteiger partial charge in [-0.25, -0.2) is 4.79 Å². The molecular weight excluding hydrogens is 412 g/mol. The van der Waals surface area contributed by atoms with Crippen molar-refractivity contribution in [2.45, 2.75) is 50.7 Å². The molecule has 1 aliphatic carbocycles. The Labute approximate surface area is 195 Å². The van der Waals surface area contributed by atoms with Gasteiger partial charge >= 0.3 is 5.97 Å². The van der Waals surface area contributed by atoms with Gasteiger partial charge in [-0.1, -0.05) is 54.1 Å². The number of ether oxygens (including phenoxy) is 3. The minimum Gasteiger partial charge on any atom is -0.423 e. The fourth-order valence-electron chi connectivity index (χ4n) is 4.49. The molecule has 0 amide bonds. The fourth-order valence-corrected chi connectivity index (χ4v) is 4.49. The van der Waals surface area contributed by atoms with E-state index >= 15 is 0 Å². The number of hydrogen-bond donors (Lipinski definition) is 0. The molecule has 1 saturated carbocycles. The smallest absolute Gasteiger partial charge is 0.343 e. The van der Waals surface area contributed by atoms with Crippen LogP contribution in [0.2, 0.25) is 0 Å². The van der Waals surface area contributed by atoms with Crippen LogP contribution in [0.1, 0.15) is 53.1 Å². The summed E-state index contributed by atoms with van der Waals surface area (Å²) in [5.74, 6) is 0.782. The average Bonchev–Trinajstić information content (AvgIpc) is 3.69. The predicted octanol–water partition coefficient (Wildman–Crippen LogP) is 6.32. The summed E-state index contributed by atoms with van der Waals surface area (Å²) < 4.78 is 16.8. The van der Waals surface area contributed by atoms with Gasteiger partial charge in [0.2, 0.25) is 0 Å². The zero-order valence-electron chi connectivity index (χ0n) is 19.0. The van der Waals surface area contributed by atoms with Crippen LogP contribution < -0.4 is 4.74 Å². The van der Waals surface area contributed by atoms with Crippen molar-refractivity contribution in [3.8, 4) is 16.9 Å². The molecule has 0 bridgehead atoms. The largest absolute Gasteiger partial charge is 0.423 e. The third-order valence-electron chi connectivity index (χ3n) is 6.66. The van der Waals surface area contributed by atoms with Crippen molar-refractivity contribution in [1.82, 2.24) is 0 Å². The number of carbonyl (C=O) groups is 1. The van der Waals surface area contributed by atoms with Gasteiger partial charge in [0.15, 0.2) is 0 Å². The molecule has 4 nitrogen and oxygen atoms in total. The van der Waals surface area contributed by atoms with Crippen molar-refractivity contribution in [2.75, 3.05) is 13.2 Å². The maximum Gasteiger partial charge on any atom is 0.343 e. The van der Waals surface area contributed by atoms with Crippen LogP contribution in [-0.4, -0.2) is 31.4 Å². The van der Waals surface area contributed by atoms with Crippen molar-refractivity contribution in [3.05, 3.63) is 89.5 Å². The summed E-state index contributed by atoms with van der Waals surface area (Å²) in [7, 11) is 0. The van der Waals surface area contributed by atoms with Crippen LogP contribution in [0.3, 0.4) is 0 Å². The first-order chi connectivity index (χ1) is 16.1. The van der Waals surface area contributed by atoms with Gasteiger partial charge in [-0.3, -0.25) is 0 Å². The van der Waals surface area contributed by atoms with Crippen LogP contribution in [0.5, 0.6) is 5.75 Å². The lowest BCUT2D eigenvalue weighted by Crippen LogP contribution is -2.22. The van der Waals surface area contributed by atoms with Crippen molar-refractivity contribution < 1.29 is 19.0 Å². The summed E-state index contributed by atoms with van der Waals surface area (Å²) in [6.07, 6.45) is 5.14. The molecule has 1 saturated heterocycles. The zero-order valence-corrected chi connectivity index (χ0v) is 19.0. The normalized spacial score (nSPS) is 22.0. The molecule has 33 heavy (non-hydrogen) atoms. The van der Waals surface area contributed by atoms with Gasteiger partial charge in [0.25, 0.3) is 0 Å². The fraction of sp³-hybridized carbons (Fsp3) is 0.345. The highest BCUT2D eigenvalue weighted by atomic mass is 16.6. The first-order valence-corrected chi connectivity index (χ1v) is 11.9. The molecule has 5 rings (SSSR count). The molecule has 1 heterocycles. The average molecular weight is 443 g/mol. The third-order valence-corrected chi connectivity index (χ3v) is 6.66. The van der Waals surface area contributed by atoms with Crippen LogP contribution in [0.25, 0.3) is 11.1 Å². The lowest BCUT2D eigenvalue weighted by Gasteiger charge is -2.28. The first kappa shape index (κ1) is 21.9. The van der Waals surface area contributed by atoms with E-state index in [1.807, 2.05) is 36.4 Å².